The molecule has 0 radical (unpaired) electrons. The molecular formula is C28H43NO8S. The molecule has 38 heavy (non-hydrogen) atoms. The standard InChI is InChI=1S/C28H43NO8S/c1-27(2)17-13-14-28(27,20(15-17)37-26-24(33)22(31)21(30)23(32)25(26)34)16-38(35,36)29(18-9-5-3-6-10-18)19-11-7-4-8-12-19/h17-20,30-34H,3-16H2,1-2H3/t17-,20?,28?/m0/s1. The summed E-state index contributed by atoms with van der Waals surface area (Å²) in [6, 6.07) is 0.0434. The van der Waals surface area contributed by atoms with Crippen LogP contribution in [0.4, 0.5) is 0 Å². The van der Waals surface area contributed by atoms with E-state index in [9.17, 15) is 34.0 Å². The van der Waals surface area contributed by atoms with Gasteiger partial charge < -0.3 is 30.3 Å². The molecule has 10 heteroatoms. The van der Waals surface area contributed by atoms with Crippen LogP contribution in [0.25, 0.3) is 0 Å². The van der Waals surface area contributed by atoms with Crippen molar-refractivity contribution in [3.63, 3.8) is 0 Å². The number of hydrogen-bond donors (Lipinski definition) is 5. The Labute approximate surface area is 225 Å². The maximum Gasteiger partial charge on any atom is 0.215 e. The van der Waals surface area contributed by atoms with E-state index in [1.54, 1.807) is 0 Å². The molecule has 9 nitrogen and oxygen atoms in total. The Bertz CT molecular complexity index is 1110. The van der Waals surface area contributed by atoms with Gasteiger partial charge in [0.05, 0.1) is 5.75 Å². The first-order valence-corrected chi connectivity index (χ1v) is 15.9. The lowest BCUT2D eigenvalue weighted by atomic mass is 9.69. The highest BCUT2D eigenvalue weighted by Crippen LogP contribution is 2.68. The van der Waals surface area contributed by atoms with Crippen molar-refractivity contribution in [2.24, 2.45) is 16.7 Å². The lowest BCUT2D eigenvalue weighted by Gasteiger charge is -2.46. The molecule has 0 saturated heterocycles. The van der Waals surface area contributed by atoms with Gasteiger partial charge in [-0.25, -0.2) is 8.42 Å². The van der Waals surface area contributed by atoms with Gasteiger partial charge in [0.2, 0.25) is 44.5 Å². The van der Waals surface area contributed by atoms with Crippen molar-refractivity contribution in [2.45, 2.75) is 116 Å². The van der Waals surface area contributed by atoms with Crippen LogP contribution in [0.15, 0.2) is 0 Å². The molecule has 4 aliphatic carbocycles. The van der Waals surface area contributed by atoms with Gasteiger partial charge in [0.1, 0.15) is 6.10 Å². The molecule has 3 atom stereocenters. The van der Waals surface area contributed by atoms with Crippen LogP contribution >= 0.6 is 0 Å². The van der Waals surface area contributed by atoms with E-state index in [4.69, 9.17) is 4.74 Å². The number of fused-ring (bicyclic) bond motifs is 2. The molecule has 0 amide bonds. The molecule has 5 rings (SSSR count). The third-order valence-electron chi connectivity index (χ3n) is 10.6. The van der Waals surface area contributed by atoms with Crippen molar-refractivity contribution >= 4 is 10.0 Å². The highest BCUT2D eigenvalue weighted by atomic mass is 32.2. The molecule has 0 aliphatic heterocycles. The lowest BCUT2D eigenvalue weighted by Crippen LogP contribution is -2.55. The molecule has 2 bridgehead atoms. The van der Waals surface area contributed by atoms with E-state index in [2.05, 4.69) is 13.8 Å². The highest BCUT2D eigenvalue weighted by Gasteiger charge is 2.67. The largest absolute Gasteiger partial charge is 0.502 e. The molecule has 1 aromatic rings. The minimum absolute atomic E-state index is 0.0217. The van der Waals surface area contributed by atoms with E-state index in [-0.39, 0.29) is 29.2 Å². The molecule has 1 aromatic carbocycles. The Balaban J connectivity index is 1.51. The number of aromatic hydroxyl groups is 5. The maximum atomic E-state index is 14.5. The van der Waals surface area contributed by atoms with Crippen LogP contribution in [0.5, 0.6) is 34.5 Å². The molecule has 5 N–H and O–H groups in total. The molecule has 4 saturated carbocycles. The quantitative estimate of drug-likeness (QED) is 0.232. The molecule has 0 aromatic heterocycles. The molecule has 4 aliphatic rings. The molecular weight excluding hydrogens is 510 g/mol. The SMILES string of the molecule is CC1(C)[C@H]2CCC1(CS(=O)(=O)N(C1CCCCC1)C1CCCCC1)C(Oc1c(O)c(O)c(O)c(O)c1O)C2. The van der Waals surface area contributed by atoms with Gasteiger partial charge in [-0.15, -0.1) is 0 Å². The number of rotatable bonds is 7. The molecule has 0 spiro atoms. The van der Waals surface area contributed by atoms with Gasteiger partial charge in [0, 0.05) is 17.5 Å². The summed E-state index contributed by atoms with van der Waals surface area (Å²) in [6.07, 6.45) is 11.3. The second-order valence-corrected chi connectivity index (χ2v) is 14.6. The Kier molecular flexibility index (Phi) is 7.12. The first-order valence-electron chi connectivity index (χ1n) is 14.3. The maximum absolute atomic E-state index is 14.5. The average molecular weight is 554 g/mol. The Hall–Kier alpha value is -2.07. The van der Waals surface area contributed by atoms with Crippen molar-refractivity contribution in [1.29, 1.82) is 0 Å². The first-order chi connectivity index (χ1) is 17.9. The van der Waals surface area contributed by atoms with Crippen LogP contribution in [0.2, 0.25) is 0 Å². The van der Waals surface area contributed by atoms with Gasteiger partial charge >= 0.3 is 0 Å². The van der Waals surface area contributed by atoms with E-state index in [1.165, 1.54) is 0 Å². The van der Waals surface area contributed by atoms with Gasteiger partial charge in [-0.2, -0.15) is 4.31 Å². The second-order valence-electron chi connectivity index (χ2n) is 12.7. The summed E-state index contributed by atoms with van der Waals surface area (Å²) < 4.78 is 37.0. The van der Waals surface area contributed by atoms with E-state index in [0.717, 1.165) is 70.6 Å². The minimum atomic E-state index is -3.70. The number of sulfonamides is 1. The van der Waals surface area contributed by atoms with E-state index in [1.807, 2.05) is 4.31 Å². The fourth-order valence-corrected chi connectivity index (χ4v) is 11.1. The summed E-state index contributed by atoms with van der Waals surface area (Å²) >= 11 is 0. The topological polar surface area (TPSA) is 148 Å². The van der Waals surface area contributed by atoms with Crippen LogP contribution < -0.4 is 4.74 Å². The fourth-order valence-electron chi connectivity index (χ4n) is 8.25. The number of benzene rings is 1. The summed E-state index contributed by atoms with van der Waals surface area (Å²) in [4.78, 5) is 0. The van der Waals surface area contributed by atoms with Crippen LogP contribution in [-0.4, -0.2) is 62.2 Å². The number of phenols is 5. The van der Waals surface area contributed by atoms with Crippen LogP contribution in [-0.2, 0) is 10.0 Å². The molecule has 214 valence electrons. The Morgan fingerprint density at radius 2 is 1.24 bits per heavy atom. The van der Waals surface area contributed by atoms with E-state index in [0.29, 0.717) is 12.8 Å². The van der Waals surface area contributed by atoms with Gasteiger partial charge in [-0.1, -0.05) is 52.4 Å². The van der Waals surface area contributed by atoms with Gasteiger partial charge in [0.25, 0.3) is 0 Å². The number of ether oxygens (including phenoxy) is 1. The van der Waals surface area contributed by atoms with Crippen LogP contribution in [0.3, 0.4) is 0 Å². The fraction of sp³-hybridized carbons (Fsp3) is 0.786. The summed E-state index contributed by atoms with van der Waals surface area (Å²) in [5, 5.41) is 50.8. The zero-order valence-electron chi connectivity index (χ0n) is 22.5. The number of hydrogen-bond acceptors (Lipinski definition) is 8. The van der Waals surface area contributed by atoms with Gasteiger partial charge in [0.15, 0.2) is 0 Å². The summed E-state index contributed by atoms with van der Waals surface area (Å²) in [6.45, 7) is 4.17. The summed E-state index contributed by atoms with van der Waals surface area (Å²) in [5.74, 6) is -5.26. The molecule has 2 unspecified atom stereocenters. The Morgan fingerprint density at radius 1 is 0.763 bits per heavy atom. The van der Waals surface area contributed by atoms with Crippen molar-refractivity contribution in [1.82, 2.24) is 4.31 Å². The predicted octanol–water partition coefficient (Wildman–Crippen LogP) is 5.09. The lowest BCUT2D eigenvalue weighted by molar-refractivity contribution is 0.0271. The first kappa shape index (κ1) is 27.5. The van der Waals surface area contributed by atoms with Gasteiger partial charge in [-0.3, -0.25) is 0 Å². The highest BCUT2D eigenvalue weighted by molar-refractivity contribution is 7.89. The summed E-state index contributed by atoms with van der Waals surface area (Å²) in [5.41, 5.74) is -1.18. The monoisotopic (exact) mass is 553 g/mol. The third-order valence-corrected chi connectivity index (χ3v) is 12.7. The van der Waals surface area contributed by atoms with Crippen molar-refractivity contribution < 1.29 is 38.7 Å². The Morgan fingerprint density at radius 3 is 1.71 bits per heavy atom. The number of nitrogens with zero attached hydrogens (tertiary/aromatic N) is 1. The zero-order chi connectivity index (χ0) is 27.5. The molecule has 0 heterocycles. The average Bonchev–Trinajstić information content (AvgIpc) is 3.25. The van der Waals surface area contributed by atoms with Crippen LogP contribution in [0.1, 0.15) is 97.3 Å². The summed E-state index contributed by atoms with van der Waals surface area (Å²) in [7, 11) is -3.70. The predicted molar refractivity (Wildman–Crippen MR) is 142 cm³/mol. The normalized spacial score (nSPS) is 30.2. The third kappa shape index (κ3) is 4.26. The molecule has 4 fully saturated rings. The van der Waals surface area contributed by atoms with E-state index >= 15 is 0 Å². The van der Waals surface area contributed by atoms with Crippen molar-refractivity contribution in [3.8, 4) is 34.5 Å². The minimum Gasteiger partial charge on any atom is -0.502 e. The van der Waals surface area contributed by atoms with Gasteiger partial charge in [-0.05, 0) is 56.3 Å². The van der Waals surface area contributed by atoms with Crippen LogP contribution in [0, 0.1) is 16.7 Å². The zero-order valence-corrected chi connectivity index (χ0v) is 23.3. The number of phenolic OH excluding ortho intramolecular Hbond substituents is 5. The van der Waals surface area contributed by atoms with E-state index < -0.39 is 56.0 Å². The van der Waals surface area contributed by atoms with Crippen molar-refractivity contribution in [2.75, 3.05) is 5.75 Å². The second kappa shape index (κ2) is 9.84. The smallest absolute Gasteiger partial charge is 0.215 e. The van der Waals surface area contributed by atoms with Crippen molar-refractivity contribution in [3.05, 3.63) is 0 Å².